The van der Waals surface area contributed by atoms with E-state index < -0.39 is 0 Å². The summed E-state index contributed by atoms with van der Waals surface area (Å²) in [6.07, 6.45) is 6.84. The maximum atomic E-state index is 13.3. The average Bonchev–Trinajstić information content (AvgIpc) is 3.15. The summed E-state index contributed by atoms with van der Waals surface area (Å²) in [7, 11) is 1.51. The van der Waals surface area contributed by atoms with Crippen LogP contribution < -0.4 is 20.3 Å². The maximum Gasteiger partial charge on any atom is 0.258 e. The molecule has 0 spiro atoms. The second kappa shape index (κ2) is 8.28. The molecule has 4 heterocycles. The fraction of sp³-hybridized carbons (Fsp3) is 0.348. The molecule has 10 heteroatoms. The van der Waals surface area contributed by atoms with Gasteiger partial charge < -0.3 is 20.3 Å². The van der Waals surface area contributed by atoms with E-state index in [1.54, 1.807) is 29.1 Å². The normalized spacial score (nSPS) is 18.6. The van der Waals surface area contributed by atoms with Crippen LogP contribution >= 0.6 is 0 Å². The van der Waals surface area contributed by atoms with Crippen molar-refractivity contribution in [2.45, 2.75) is 32.9 Å². The van der Waals surface area contributed by atoms with Crippen molar-refractivity contribution in [2.24, 2.45) is 0 Å². The minimum absolute atomic E-state index is 0.289. The van der Waals surface area contributed by atoms with Crippen molar-refractivity contribution < 1.29 is 9.53 Å². The molecule has 170 valence electrons. The fourth-order valence-electron chi connectivity index (χ4n) is 4.46. The van der Waals surface area contributed by atoms with Crippen molar-refractivity contribution >= 4 is 34.1 Å². The quantitative estimate of drug-likeness (QED) is 0.492. The van der Waals surface area contributed by atoms with Gasteiger partial charge in [-0.05, 0) is 32.9 Å². The van der Waals surface area contributed by atoms with Gasteiger partial charge in [0.05, 0.1) is 24.1 Å². The van der Waals surface area contributed by atoms with Gasteiger partial charge in [-0.15, -0.1) is 0 Å². The Labute approximate surface area is 191 Å². The van der Waals surface area contributed by atoms with Gasteiger partial charge in [-0.1, -0.05) is 0 Å². The Morgan fingerprint density at radius 1 is 1.09 bits per heavy atom. The molecule has 1 fully saturated rings. The largest absolute Gasteiger partial charge is 0.479 e. The zero-order valence-electron chi connectivity index (χ0n) is 19.0. The van der Waals surface area contributed by atoms with Crippen molar-refractivity contribution in [3.8, 4) is 5.88 Å². The van der Waals surface area contributed by atoms with E-state index in [1.807, 2.05) is 19.2 Å². The maximum absolute atomic E-state index is 13.3. The number of hydrogen-bond donors (Lipinski definition) is 2. The van der Waals surface area contributed by atoms with Crippen molar-refractivity contribution in [3.05, 3.63) is 48.2 Å². The van der Waals surface area contributed by atoms with Gasteiger partial charge in [0, 0.05) is 50.0 Å². The van der Waals surface area contributed by atoms with Crippen molar-refractivity contribution in [1.29, 1.82) is 0 Å². The third kappa shape index (κ3) is 3.93. The van der Waals surface area contributed by atoms with Crippen LogP contribution in [0.15, 0.2) is 36.9 Å². The predicted molar refractivity (Wildman–Crippen MR) is 126 cm³/mol. The van der Waals surface area contributed by atoms with Crippen LogP contribution in [0.4, 0.5) is 11.4 Å². The molecule has 33 heavy (non-hydrogen) atoms. The van der Waals surface area contributed by atoms with E-state index in [1.165, 1.54) is 7.11 Å². The molecule has 2 N–H and O–H groups in total. The van der Waals surface area contributed by atoms with E-state index >= 15 is 0 Å². The van der Waals surface area contributed by atoms with Crippen LogP contribution in [0.5, 0.6) is 5.88 Å². The number of piperazine rings is 1. The molecular weight excluding hydrogens is 420 g/mol. The van der Waals surface area contributed by atoms with E-state index in [0.29, 0.717) is 40.1 Å². The number of nitrogens with one attached hydrogen (secondary N) is 2. The Kier molecular flexibility index (Phi) is 5.29. The Morgan fingerprint density at radius 2 is 1.82 bits per heavy atom. The van der Waals surface area contributed by atoms with Gasteiger partial charge in [0.25, 0.3) is 5.91 Å². The first kappa shape index (κ1) is 21.1. The molecule has 0 saturated carbocycles. The van der Waals surface area contributed by atoms with Gasteiger partial charge in [-0.2, -0.15) is 4.98 Å². The molecule has 5 rings (SSSR count). The molecule has 1 amide bonds. The number of nitrogens with zero attached hydrogens (tertiary/aromatic N) is 6. The number of hydrogen-bond acceptors (Lipinski definition) is 8. The lowest BCUT2D eigenvalue weighted by Gasteiger charge is -2.38. The van der Waals surface area contributed by atoms with Gasteiger partial charge in [0.2, 0.25) is 11.7 Å². The smallest absolute Gasteiger partial charge is 0.258 e. The summed E-state index contributed by atoms with van der Waals surface area (Å²) in [4.78, 5) is 33.4. The molecule has 1 aliphatic heterocycles. The number of amides is 1. The Bertz CT molecular complexity index is 1340. The molecule has 1 saturated heterocycles. The number of rotatable bonds is 4. The minimum atomic E-state index is -0.314. The van der Waals surface area contributed by atoms with Crippen molar-refractivity contribution in [2.75, 3.05) is 30.4 Å². The summed E-state index contributed by atoms with van der Waals surface area (Å²) in [5, 5.41) is 6.46. The number of fused-ring (bicyclic) bond motifs is 2. The molecule has 2 atom stereocenters. The topological polar surface area (TPSA) is 110 Å². The fourth-order valence-corrected chi connectivity index (χ4v) is 4.46. The number of aryl methyl sites for hydroxylation is 1. The van der Waals surface area contributed by atoms with E-state index in [-0.39, 0.29) is 11.8 Å². The van der Waals surface area contributed by atoms with Crippen LogP contribution in [-0.4, -0.2) is 62.5 Å². The van der Waals surface area contributed by atoms with E-state index in [4.69, 9.17) is 4.74 Å². The molecular formula is C23H26N8O2. The van der Waals surface area contributed by atoms with Gasteiger partial charge in [-0.25, -0.2) is 4.98 Å². The highest BCUT2D eigenvalue weighted by Crippen LogP contribution is 2.29. The monoisotopic (exact) mass is 446 g/mol. The number of methoxy groups -OCH3 is 1. The number of benzene rings is 1. The highest BCUT2D eigenvalue weighted by Gasteiger charge is 2.25. The van der Waals surface area contributed by atoms with Crippen LogP contribution in [0, 0.1) is 6.92 Å². The number of anilines is 2. The second-order valence-electron chi connectivity index (χ2n) is 8.47. The number of carbonyl (C=O) groups excluding carboxylic acids is 1. The summed E-state index contributed by atoms with van der Waals surface area (Å²) in [5.41, 5.74) is 3.93. The lowest BCUT2D eigenvalue weighted by molar-refractivity contribution is 0.102. The van der Waals surface area contributed by atoms with Crippen LogP contribution in [0.3, 0.4) is 0 Å². The second-order valence-corrected chi connectivity index (χ2v) is 8.47. The standard InChI is InChI=1S/C23H26N8O2/c1-13-9-30(10-14(2)26-13)18-6-5-16(19-20(18)25-8-7-24-19)21(32)28-17-12-31-11-15(3)27-23(31)29-22(17)33-4/h5-8,11-14,26H,9-10H2,1-4H3,(H,28,32). The zero-order chi connectivity index (χ0) is 23.1. The highest BCUT2D eigenvalue weighted by atomic mass is 16.5. The summed E-state index contributed by atoms with van der Waals surface area (Å²) >= 11 is 0. The molecule has 1 aromatic carbocycles. The molecule has 4 aromatic rings. The van der Waals surface area contributed by atoms with Crippen LogP contribution in [-0.2, 0) is 0 Å². The van der Waals surface area contributed by atoms with Crippen LogP contribution in [0.1, 0.15) is 29.9 Å². The molecule has 2 unspecified atom stereocenters. The number of ether oxygens (including phenoxy) is 1. The first-order chi connectivity index (χ1) is 15.9. The molecule has 0 aliphatic carbocycles. The summed E-state index contributed by atoms with van der Waals surface area (Å²) < 4.78 is 7.14. The first-order valence-electron chi connectivity index (χ1n) is 10.9. The first-order valence-corrected chi connectivity index (χ1v) is 10.9. The third-order valence-electron chi connectivity index (χ3n) is 5.72. The van der Waals surface area contributed by atoms with E-state index in [9.17, 15) is 4.79 Å². The Hall–Kier alpha value is -3.79. The Morgan fingerprint density at radius 3 is 2.55 bits per heavy atom. The Balaban J connectivity index is 1.52. The van der Waals surface area contributed by atoms with E-state index in [2.05, 4.69) is 49.3 Å². The third-order valence-corrected chi connectivity index (χ3v) is 5.72. The summed E-state index contributed by atoms with van der Waals surface area (Å²) in [5.74, 6) is 0.477. The number of imidazole rings is 1. The zero-order valence-corrected chi connectivity index (χ0v) is 19.0. The van der Waals surface area contributed by atoms with Gasteiger partial charge in [0.15, 0.2) is 0 Å². The van der Waals surface area contributed by atoms with Gasteiger partial charge in [-0.3, -0.25) is 19.2 Å². The van der Waals surface area contributed by atoms with Gasteiger partial charge >= 0.3 is 0 Å². The minimum Gasteiger partial charge on any atom is -0.479 e. The molecule has 0 bridgehead atoms. The predicted octanol–water partition coefficient (Wildman–Crippen LogP) is 2.43. The lowest BCUT2D eigenvalue weighted by atomic mass is 10.1. The number of aromatic nitrogens is 5. The lowest BCUT2D eigenvalue weighted by Crippen LogP contribution is -2.54. The summed E-state index contributed by atoms with van der Waals surface area (Å²) in [6.45, 7) is 7.92. The molecule has 3 aromatic heterocycles. The van der Waals surface area contributed by atoms with Crippen molar-refractivity contribution in [1.82, 2.24) is 29.7 Å². The SMILES string of the molecule is COc1nc2nc(C)cn2cc1NC(=O)c1ccc(N2CC(C)NC(C)C2)c2nccnc12. The highest BCUT2D eigenvalue weighted by molar-refractivity contribution is 6.13. The average molecular weight is 447 g/mol. The molecule has 10 nitrogen and oxygen atoms in total. The van der Waals surface area contributed by atoms with Crippen molar-refractivity contribution in [3.63, 3.8) is 0 Å². The molecule has 0 radical (unpaired) electrons. The van der Waals surface area contributed by atoms with E-state index in [0.717, 1.165) is 24.5 Å². The van der Waals surface area contributed by atoms with Gasteiger partial charge in [0.1, 0.15) is 16.7 Å². The molecule has 1 aliphatic rings. The number of carbonyl (C=O) groups is 1. The summed E-state index contributed by atoms with van der Waals surface area (Å²) in [6, 6.07) is 4.46. The van der Waals surface area contributed by atoms with Crippen LogP contribution in [0.2, 0.25) is 0 Å². The van der Waals surface area contributed by atoms with Crippen LogP contribution in [0.25, 0.3) is 16.8 Å².